The number of aryl methyl sites for hydroxylation is 1. The van der Waals surface area contributed by atoms with Gasteiger partial charge in [0.05, 0.1) is 6.61 Å². The molecular weight excluding hydrogens is 402 g/mol. The maximum atomic E-state index is 6.14. The summed E-state index contributed by atoms with van der Waals surface area (Å²) in [5, 5.41) is 2.65. The van der Waals surface area contributed by atoms with Gasteiger partial charge < -0.3 is 9.30 Å². The van der Waals surface area contributed by atoms with E-state index in [1.165, 1.54) is 33.8 Å². The van der Waals surface area contributed by atoms with Gasteiger partial charge in [0, 0.05) is 28.4 Å². The van der Waals surface area contributed by atoms with E-state index in [9.17, 15) is 0 Å². The zero-order valence-corrected chi connectivity index (χ0v) is 21.2. The molecule has 0 aliphatic heterocycles. The van der Waals surface area contributed by atoms with Crippen molar-refractivity contribution in [3.8, 4) is 5.75 Å². The molecule has 0 spiro atoms. The van der Waals surface area contributed by atoms with Crippen molar-refractivity contribution in [1.29, 1.82) is 0 Å². The lowest BCUT2D eigenvalue weighted by molar-refractivity contribution is 0.229. The summed E-state index contributed by atoms with van der Waals surface area (Å²) in [5.74, 6) is 1.49. The molecule has 0 fully saturated rings. The minimum Gasteiger partial charge on any atom is -0.494 e. The minimum absolute atomic E-state index is 0.234. The van der Waals surface area contributed by atoms with Gasteiger partial charge in [-0.1, -0.05) is 90.1 Å². The molecule has 0 saturated heterocycles. The molecule has 0 bridgehead atoms. The molecule has 4 aromatic rings. The second-order valence-corrected chi connectivity index (χ2v) is 11.6. The molecule has 4 rings (SSSR count). The Bertz CT molecular complexity index is 1150. The van der Waals surface area contributed by atoms with Crippen LogP contribution < -0.4 is 4.74 Å². The Labute approximate surface area is 199 Å². The fraction of sp³-hybridized carbons (Fsp3) is 0.419. The molecule has 0 radical (unpaired) electrons. The average molecular weight is 442 g/mol. The maximum Gasteiger partial charge on any atom is 0.119 e. The van der Waals surface area contributed by atoms with Crippen molar-refractivity contribution in [3.05, 3.63) is 78.4 Å². The van der Waals surface area contributed by atoms with Crippen LogP contribution in [0.3, 0.4) is 0 Å². The van der Waals surface area contributed by atoms with E-state index in [1.807, 2.05) is 0 Å². The molecule has 1 atom stereocenters. The van der Waals surface area contributed by atoms with E-state index in [-0.39, 0.29) is 5.41 Å². The third kappa shape index (κ3) is 5.43. The highest BCUT2D eigenvalue weighted by Gasteiger charge is 2.30. The molecule has 2 nitrogen and oxygen atoms in total. The molecule has 1 heterocycles. The Balaban J connectivity index is 1.41. The number of hydrogen-bond donors (Lipinski definition) is 0. The van der Waals surface area contributed by atoms with Crippen LogP contribution in [0.25, 0.3) is 21.8 Å². The Morgan fingerprint density at radius 1 is 0.727 bits per heavy atom. The van der Waals surface area contributed by atoms with E-state index in [2.05, 4.69) is 119 Å². The zero-order valence-electron chi connectivity index (χ0n) is 21.2. The molecule has 0 aliphatic carbocycles. The predicted molar refractivity (Wildman–Crippen MR) is 142 cm³/mol. The molecule has 0 amide bonds. The SMILES string of the molecule is CC(C)(C)CC(c1ccc(OCCCn2c3ccccc3c3ccccc32)cc1)C(C)(C)C. The first-order valence-electron chi connectivity index (χ1n) is 12.3. The Hall–Kier alpha value is -2.74. The van der Waals surface area contributed by atoms with Gasteiger partial charge in [-0.25, -0.2) is 0 Å². The third-order valence-corrected chi connectivity index (χ3v) is 6.62. The minimum atomic E-state index is 0.234. The highest BCUT2D eigenvalue weighted by atomic mass is 16.5. The summed E-state index contributed by atoms with van der Waals surface area (Å²) in [6.07, 6.45) is 2.15. The highest BCUT2D eigenvalue weighted by Crippen LogP contribution is 2.43. The lowest BCUT2D eigenvalue weighted by Crippen LogP contribution is -2.23. The lowest BCUT2D eigenvalue weighted by Gasteiger charge is -2.36. The summed E-state index contributed by atoms with van der Waals surface area (Å²) in [6.45, 7) is 15.7. The molecule has 0 saturated carbocycles. The molecule has 33 heavy (non-hydrogen) atoms. The number of ether oxygens (including phenoxy) is 1. The van der Waals surface area contributed by atoms with Crippen molar-refractivity contribution in [2.75, 3.05) is 6.61 Å². The second-order valence-electron chi connectivity index (χ2n) is 11.6. The number of aromatic nitrogens is 1. The normalized spacial score (nSPS) is 13.5. The molecule has 0 aliphatic rings. The van der Waals surface area contributed by atoms with E-state index >= 15 is 0 Å². The number of rotatable bonds is 7. The molecule has 174 valence electrons. The van der Waals surface area contributed by atoms with E-state index < -0.39 is 0 Å². The van der Waals surface area contributed by atoms with Crippen molar-refractivity contribution < 1.29 is 4.74 Å². The second kappa shape index (κ2) is 9.25. The fourth-order valence-electron chi connectivity index (χ4n) is 4.99. The van der Waals surface area contributed by atoms with Gasteiger partial charge in [0.2, 0.25) is 0 Å². The summed E-state index contributed by atoms with van der Waals surface area (Å²) in [5.41, 5.74) is 4.55. The Morgan fingerprint density at radius 3 is 1.79 bits per heavy atom. The highest BCUT2D eigenvalue weighted by molar-refractivity contribution is 6.07. The maximum absolute atomic E-state index is 6.14. The number of para-hydroxylation sites is 2. The van der Waals surface area contributed by atoms with Crippen molar-refractivity contribution in [2.45, 2.75) is 66.8 Å². The Morgan fingerprint density at radius 2 is 1.27 bits per heavy atom. The number of fused-ring (bicyclic) bond motifs is 3. The van der Waals surface area contributed by atoms with Gasteiger partial charge in [-0.2, -0.15) is 0 Å². The van der Waals surface area contributed by atoms with E-state index in [1.54, 1.807) is 0 Å². The van der Waals surface area contributed by atoms with Crippen LogP contribution in [0.1, 0.15) is 65.9 Å². The number of benzene rings is 3. The van der Waals surface area contributed by atoms with Crippen LogP contribution in [0.2, 0.25) is 0 Å². The number of nitrogens with zero attached hydrogens (tertiary/aromatic N) is 1. The van der Waals surface area contributed by atoms with Gasteiger partial charge >= 0.3 is 0 Å². The third-order valence-electron chi connectivity index (χ3n) is 6.62. The topological polar surface area (TPSA) is 14.2 Å². The van der Waals surface area contributed by atoms with Gasteiger partial charge in [0.15, 0.2) is 0 Å². The first-order valence-corrected chi connectivity index (χ1v) is 12.3. The summed E-state index contributed by atoms with van der Waals surface area (Å²) in [4.78, 5) is 0. The van der Waals surface area contributed by atoms with Crippen LogP contribution in [0.5, 0.6) is 5.75 Å². The van der Waals surface area contributed by atoms with Crippen molar-refractivity contribution in [2.24, 2.45) is 10.8 Å². The Kier molecular flexibility index (Phi) is 6.56. The summed E-state index contributed by atoms with van der Waals surface area (Å²) < 4.78 is 8.56. The smallest absolute Gasteiger partial charge is 0.119 e. The van der Waals surface area contributed by atoms with Crippen molar-refractivity contribution in [3.63, 3.8) is 0 Å². The molecule has 2 heteroatoms. The van der Waals surface area contributed by atoms with Gasteiger partial charge in [0.25, 0.3) is 0 Å². The van der Waals surface area contributed by atoms with Crippen LogP contribution >= 0.6 is 0 Å². The van der Waals surface area contributed by atoms with Gasteiger partial charge in [-0.3, -0.25) is 0 Å². The van der Waals surface area contributed by atoms with Crippen LogP contribution in [0.4, 0.5) is 0 Å². The first kappa shape index (κ1) is 23.4. The fourth-order valence-corrected chi connectivity index (χ4v) is 4.99. The molecule has 3 aromatic carbocycles. The molecule has 1 unspecified atom stereocenters. The molecular formula is C31H39NO. The van der Waals surface area contributed by atoms with Crippen LogP contribution in [0.15, 0.2) is 72.8 Å². The van der Waals surface area contributed by atoms with Crippen molar-refractivity contribution in [1.82, 2.24) is 4.57 Å². The molecule has 1 aromatic heterocycles. The predicted octanol–water partition coefficient (Wildman–Crippen LogP) is 8.83. The van der Waals surface area contributed by atoms with E-state index in [0.717, 1.165) is 18.7 Å². The van der Waals surface area contributed by atoms with Gasteiger partial charge in [-0.05, 0) is 59.4 Å². The summed E-state index contributed by atoms with van der Waals surface area (Å²) in [7, 11) is 0. The van der Waals surface area contributed by atoms with E-state index in [0.29, 0.717) is 17.9 Å². The summed E-state index contributed by atoms with van der Waals surface area (Å²) >= 11 is 0. The van der Waals surface area contributed by atoms with Crippen LogP contribution in [0, 0.1) is 10.8 Å². The molecule has 0 N–H and O–H groups in total. The van der Waals surface area contributed by atoms with Crippen LogP contribution in [-0.4, -0.2) is 11.2 Å². The van der Waals surface area contributed by atoms with Crippen LogP contribution in [-0.2, 0) is 6.54 Å². The van der Waals surface area contributed by atoms with Gasteiger partial charge in [-0.15, -0.1) is 0 Å². The number of hydrogen-bond acceptors (Lipinski definition) is 1. The largest absolute Gasteiger partial charge is 0.494 e. The first-order chi connectivity index (χ1) is 15.6. The van der Waals surface area contributed by atoms with E-state index in [4.69, 9.17) is 4.74 Å². The van der Waals surface area contributed by atoms with Gasteiger partial charge in [0.1, 0.15) is 5.75 Å². The van der Waals surface area contributed by atoms with Crippen molar-refractivity contribution >= 4 is 21.8 Å². The monoisotopic (exact) mass is 441 g/mol. The quantitative estimate of drug-likeness (QED) is 0.261. The standard InChI is InChI=1S/C31H39NO/c1-30(2,3)22-27(31(4,5)6)23-16-18-24(19-17-23)33-21-11-20-32-28-14-9-7-12-25(28)26-13-8-10-15-29(26)32/h7-10,12-19,27H,11,20-22H2,1-6H3. The zero-order chi connectivity index (χ0) is 23.6. The summed E-state index contributed by atoms with van der Waals surface area (Å²) in [6, 6.07) is 26.2. The lowest BCUT2D eigenvalue weighted by atomic mass is 9.69. The average Bonchev–Trinajstić information content (AvgIpc) is 3.08.